The number of aliphatic hydroxyl groups is 1. The molecule has 1 aliphatic rings. The normalized spacial score (nSPS) is 19.3. The third kappa shape index (κ3) is 2.82. The van der Waals surface area contributed by atoms with Crippen LogP contribution in [0, 0.1) is 0 Å². The molecule has 2 aromatic rings. The molecule has 0 saturated heterocycles. The van der Waals surface area contributed by atoms with Crippen molar-refractivity contribution < 1.29 is 14.7 Å². The van der Waals surface area contributed by atoms with Gasteiger partial charge in [0.05, 0.1) is 6.42 Å². The smallest absolute Gasteiger partial charge is 0.261 e. The number of ketones is 1. The van der Waals surface area contributed by atoms with Crippen molar-refractivity contribution in [3.63, 3.8) is 0 Å². The Morgan fingerprint density at radius 3 is 2.74 bits per heavy atom. The van der Waals surface area contributed by atoms with E-state index in [1.54, 1.807) is 30.3 Å². The van der Waals surface area contributed by atoms with E-state index in [4.69, 9.17) is 0 Å². The number of rotatable bonds is 4. The lowest BCUT2D eigenvalue weighted by Crippen LogP contribution is -2.36. The fourth-order valence-electron chi connectivity index (χ4n) is 2.78. The third-order valence-corrected chi connectivity index (χ3v) is 4.62. The van der Waals surface area contributed by atoms with E-state index in [2.05, 4.69) is 21.2 Å². The van der Waals surface area contributed by atoms with Gasteiger partial charge < -0.3 is 10.4 Å². The number of hydrogen-bond acceptors (Lipinski definition) is 3. The number of amides is 1. The topological polar surface area (TPSA) is 66.4 Å². The fraction of sp³-hybridized carbons (Fsp3) is 0.222. The van der Waals surface area contributed by atoms with E-state index in [-0.39, 0.29) is 12.2 Å². The number of halogens is 1. The molecular weight excluding hydrogens is 358 g/mol. The molecule has 0 spiro atoms. The zero-order valence-electron chi connectivity index (χ0n) is 12.6. The molecular formula is C18H16BrNO3. The van der Waals surface area contributed by atoms with Gasteiger partial charge in [0.1, 0.15) is 0 Å². The van der Waals surface area contributed by atoms with Crippen LogP contribution in [0.1, 0.15) is 34.8 Å². The van der Waals surface area contributed by atoms with Gasteiger partial charge in [-0.15, -0.1) is 0 Å². The quantitative estimate of drug-likeness (QED) is 0.806. The summed E-state index contributed by atoms with van der Waals surface area (Å²) in [7, 11) is 0. The Bertz CT molecular complexity index is 803. The van der Waals surface area contributed by atoms with Gasteiger partial charge >= 0.3 is 0 Å². The van der Waals surface area contributed by atoms with Gasteiger partial charge in [-0.3, -0.25) is 9.59 Å². The number of hydrogen-bond donors (Lipinski definition) is 2. The number of nitrogens with one attached hydrogen (secondary N) is 1. The summed E-state index contributed by atoms with van der Waals surface area (Å²) in [6.07, 6.45) is 0.507. The minimum Gasteiger partial charge on any atom is -0.375 e. The first-order chi connectivity index (χ1) is 10.9. The zero-order chi connectivity index (χ0) is 16.6. The zero-order valence-corrected chi connectivity index (χ0v) is 14.2. The van der Waals surface area contributed by atoms with Crippen LogP contribution in [0.5, 0.6) is 0 Å². The Kier molecular flexibility index (Phi) is 4.08. The summed E-state index contributed by atoms with van der Waals surface area (Å²) in [4.78, 5) is 24.8. The number of fused-ring (bicyclic) bond motifs is 1. The molecule has 4 nitrogen and oxygen atoms in total. The van der Waals surface area contributed by atoms with E-state index in [0.29, 0.717) is 16.8 Å². The molecule has 1 aliphatic heterocycles. The van der Waals surface area contributed by atoms with Gasteiger partial charge in [0.15, 0.2) is 11.4 Å². The second-order valence-corrected chi connectivity index (χ2v) is 6.57. The van der Waals surface area contributed by atoms with Crippen LogP contribution in [-0.4, -0.2) is 16.8 Å². The minimum atomic E-state index is -1.82. The first kappa shape index (κ1) is 15.9. The Balaban J connectivity index is 1.96. The number of carbonyl (C=O) groups is 2. The Labute approximate surface area is 142 Å². The van der Waals surface area contributed by atoms with Crippen LogP contribution >= 0.6 is 15.9 Å². The monoisotopic (exact) mass is 373 g/mol. The molecule has 0 bridgehead atoms. The van der Waals surface area contributed by atoms with E-state index in [0.717, 1.165) is 16.5 Å². The summed E-state index contributed by atoms with van der Waals surface area (Å²) in [6.45, 7) is 2.00. The highest BCUT2D eigenvalue weighted by Crippen LogP contribution is 2.39. The van der Waals surface area contributed by atoms with Gasteiger partial charge in [-0.05, 0) is 30.2 Å². The SMILES string of the molecule is CCc1ccc2c(c1)[C@@](O)(CC(=O)c1cccc(Br)c1)C(=O)N2. The second-order valence-electron chi connectivity index (χ2n) is 5.66. The van der Waals surface area contributed by atoms with Gasteiger partial charge in [-0.2, -0.15) is 0 Å². The highest BCUT2D eigenvalue weighted by atomic mass is 79.9. The lowest BCUT2D eigenvalue weighted by atomic mass is 9.87. The van der Waals surface area contributed by atoms with E-state index >= 15 is 0 Å². The third-order valence-electron chi connectivity index (χ3n) is 4.12. The van der Waals surface area contributed by atoms with Gasteiger partial charge in [-0.25, -0.2) is 0 Å². The number of Topliss-reactive ketones (excluding diaryl/α,β-unsaturated/α-hetero) is 1. The maximum atomic E-state index is 12.5. The molecule has 2 N–H and O–H groups in total. The van der Waals surface area contributed by atoms with Crippen molar-refractivity contribution in [3.05, 3.63) is 63.6 Å². The van der Waals surface area contributed by atoms with Gasteiger partial charge in [0.2, 0.25) is 0 Å². The van der Waals surface area contributed by atoms with Crippen molar-refractivity contribution in [1.29, 1.82) is 0 Å². The Morgan fingerprint density at radius 1 is 1.26 bits per heavy atom. The second kappa shape index (κ2) is 5.91. The number of benzene rings is 2. The molecule has 3 rings (SSSR count). The Hall–Kier alpha value is -1.98. The van der Waals surface area contributed by atoms with Gasteiger partial charge in [0.25, 0.3) is 5.91 Å². The fourth-order valence-corrected chi connectivity index (χ4v) is 3.18. The van der Waals surface area contributed by atoms with Crippen LogP contribution in [0.3, 0.4) is 0 Å². The predicted molar refractivity (Wildman–Crippen MR) is 91.4 cm³/mol. The summed E-state index contributed by atoms with van der Waals surface area (Å²) >= 11 is 3.32. The van der Waals surface area contributed by atoms with Crippen molar-refractivity contribution in [2.24, 2.45) is 0 Å². The molecule has 2 aromatic carbocycles. The van der Waals surface area contributed by atoms with Crippen LogP contribution in [-0.2, 0) is 16.8 Å². The molecule has 5 heteroatoms. The van der Waals surface area contributed by atoms with E-state index in [1.165, 1.54) is 0 Å². The standard InChI is InChI=1S/C18H16BrNO3/c1-2-11-6-7-15-14(8-11)18(23,17(22)20-15)10-16(21)12-4-3-5-13(19)9-12/h3-9,23H,2,10H2,1H3,(H,20,22)/t18-/m0/s1. The molecule has 1 atom stereocenters. The lowest BCUT2D eigenvalue weighted by Gasteiger charge is -2.20. The first-order valence-corrected chi connectivity index (χ1v) is 8.19. The van der Waals surface area contributed by atoms with E-state index in [1.807, 2.05) is 19.1 Å². The predicted octanol–water partition coefficient (Wildman–Crippen LogP) is 3.42. The molecule has 118 valence electrons. The molecule has 0 saturated carbocycles. The van der Waals surface area contributed by atoms with Gasteiger partial charge in [-0.1, -0.05) is 47.1 Å². The van der Waals surface area contributed by atoms with Crippen molar-refractivity contribution in [1.82, 2.24) is 0 Å². The van der Waals surface area contributed by atoms with Crippen LogP contribution in [0.15, 0.2) is 46.9 Å². The molecule has 1 amide bonds. The van der Waals surface area contributed by atoms with Crippen LogP contribution in [0.2, 0.25) is 0 Å². The summed E-state index contributed by atoms with van der Waals surface area (Å²) in [5.74, 6) is -0.831. The maximum Gasteiger partial charge on any atom is 0.261 e. The molecule has 1 heterocycles. The molecule has 0 aliphatic carbocycles. The molecule has 0 radical (unpaired) electrons. The van der Waals surface area contributed by atoms with Crippen molar-refractivity contribution in [2.45, 2.75) is 25.4 Å². The van der Waals surface area contributed by atoms with Crippen LogP contribution < -0.4 is 5.32 Å². The Morgan fingerprint density at radius 2 is 2.04 bits per heavy atom. The summed E-state index contributed by atoms with van der Waals surface area (Å²) < 4.78 is 0.778. The summed E-state index contributed by atoms with van der Waals surface area (Å²) in [5.41, 5.74) is 0.691. The number of aryl methyl sites for hydroxylation is 1. The van der Waals surface area contributed by atoms with Gasteiger partial charge in [0, 0.05) is 21.3 Å². The minimum absolute atomic E-state index is 0.279. The molecule has 23 heavy (non-hydrogen) atoms. The van der Waals surface area contributed by atoms with Crippen LogP contribution in [0.25, 0.3) is 0 Å². The maximum absolute atomic E-state index is 12.5. The average molecular weight is 374 g/mol. The van der Waals surface area contributed by atoms with Crippen molar-refractivity contribution in [2.75, 3.05) is 5.32 Å². The summed E-state index contributed by atoms with van der Waals surface area (Å²) in [5, 5.41) is 13.5. The highest BCUT2D eigenvalue weighted by Gasteiger charge is 2.46. The molecule has 0 fully saturated rings. The molecule has 0 unspecified atom stereocenters. The first-order valence-electron chi connectivity index (χ1n) is 7.40. The highest BCUT2D eigenvalue weighted by molar-refractivity contribution is 9.10. The largest absolute Gasteiger partial charge is 0.375 e. The summed E-state index contributed by atoms with van der Waals surface area (Å²) in [6, 6.07) is 12.4. The number of carbonyl (C=O) groups excluding carboxylic acids is 2. The van der Waals surface area contributed by atoms with E-state index in [9.17, 15) is 14.7 Å². The van der Waals surface area contributed by atoms with Crippen molar-refractivity contribution in [3.8, 4) is 0 Å². The van der Waals surface area contributed by atoms with Crippen molar-refractivity contribution >= 4 is 33.3 Å². The number of anilines is 1. The lowest BCUT2D eigenvalue weighted by molar-refractivity contribution is -0.133. The van der Waals surface area contributed by atoms with E-state index < -0.39 is 11.5 Å². The van der Waals surface area contributed by atoms with Crippen LogP contribution in [0.4, 0.5) is 5.69 Å². The molecule has 0 aromatic heterocycles. The average Bonchev–Trinajstić information content (AvgIpc) is 2.78.